The van der Waals surface area contributed by atoms with Gasteiger partial charge >= 0.3 is 39.5 Å². The molecule has 0 aromatic rings. The Morgan fingerprint density at radius 3 is 0.717 bits per heavy atom. The lowest BCUT2D eigenvalue weighted by atomic mass is 9.99. The highest BCUT2D eigenvalue weighted by molar-refractivity contribution is 7.47. The Morgan fingerprint density at radius 1 is 0.283 bits per heavy atom. The topological polar surface area (TPSA) is 237 Å². The summed E-state index contributed by atoms with van der Waals surface area (Å²) in [5.74, 6) is -0.470. The molecular weight excluding hydrogens is 1290 g/mol. The number of carbonyl (C=O) groups excluding carboxylic acids is 4. The maximum atomic E-state index is 13.1. The van der Waals surface area contributed by atoms with Gasteiger partial charge in [0.1, 0.15) is 19.3 Å². The van der Waals surface area contributed by atoms with Crippen molar-refractivity contribution in [2.45, 2.75) is 439 Å². The fraction of sp³-hybridized carbons (Fsp3) is 0.950. The van der Waals surface area contributed by atoms with Crippen molar-refractivity contribution < 1.29 is 80.2 Å². The van der Waals surface area contributed by atoms with Crippen molar-refractivity contribution in [3.05, 3.63) is 0 Å². The Bertz CT molecular complexity index is 1910. The fourth-order valence-corrected chi connectivity index (χ4v) is 13.9. The lowest BCUT2D eigenvalue weighted by Crippen LogP contribution is -2.30. The van der Waals surface area contributed by atoms with Crippen molar-refractivity contribution in [2.75, 3.05) is 39.6 Å². The van der Waals surface area contributed by atoms with Crippen molar-refractivity contribution in [3.63, 3.8) is 0 Å². The number of hydrogen-bond acceptors (Lipinski definition) is 15. The van der Waals surface area contributed by atoms with Crippen LogP contribution in [0.15, 0.2) is 0 Å². The van der Waals surface area contributed by atoms with E-state index >= 15 is 0 Å². The zero-order valence-corrected chi connectivity index (χ0v) is 66.6. The van der Waals surface area contributed by atoms with Crippen molar-refractivity contribution in [3.8, 4) is 0 Å². The first-order chi connectivity index (χ1) is 47.9. The third-order valence-electron chi connectivity index (χ3n) is 19.4. The Morgan fingerprint density at radius 2 is 0.485 bits per heavy atom. The molecule has 0 aliphatic carbocycles. The number of hydrogen-bond donors (Lipinski definition) is 3. The highest BCUT2D eigenvalue weighted by Gasteiger charge is 2.30. The third kappa shape index (κ3) is 71.5. The number of rotatable bonds is 79. The van der Waals surface area contributed by atoms with Crippen LogP contribution in [-0.2, 0) is 65.4 Å². The van der Waals surface area contributed by atoms with Crippen LogP contribution in [0.3, 0.4) is 0 Å². The average molecular weight is 1450 g/mol. The van der Waals surface area contributed by atoms with Gasteiger partial charge in [0.25, 0.3) is 0 Å². The zero-order chi connectivity index (χ0) is 72.8. The second-order valence-corrected chi connectivity index (χ2v) is 32.2. The molecular formula is C80H156O17P2. The van der Waals surface area contributed by atoms with Gasteiger partial charge in [-0.05, 0) is 37.5 Å². The molecule has 0 aromatic carbocycles. The first-order valence-corrected chi connectivity index (χ1v) is 44.6. The van der Waals surface area contributed by atoms with E-state index in [1.165, 1.54) is 231 Å². The second kappa shape index (κ2) is 71.7. The van der Waals surface area contributed by atoms with Crippen LogP contribution >= 0.6 is 15.6 Å². The van der Waals surface area contributed by atoms with Crippen LogP contribution < -0.4 is 0 Å². The third-order valence-corrected chi connectivity index (χ3v) is 21.3. The summed E-state index contributed by atoms with van der Waals surface area (Å²) in [6.45, 7) is 9.61. The summed E-state index contributed by atoms with van der Waals surface area (Å²) < 4.78 is 68.4. The largest absolute Gasteiger partial charge is 0.472 e. The van der Waals surface area contributed by atoms with E-state index in [0.29, 0.717) is 25.7 Å². The Labute approximate surface area is 607 Å². The lowest BCUT2D eigenvalue weighted by Gasteiger charge is -2.21. The van der Waals surface area contributed by atoms with Gasteiger partial charge in [-0.3, -0.25) is 37.3 Å². The molecule has 588 valence electrons. The SMILES string of the molecule is CCCCCCCCCCCCCCCCCCCCCCCCC(=O)O[C@H](COC(=O)CCCCCCCCCCCCCCCCC(C)CC)COP(=O)(O)OC[C@@H](O)COP(=O)(O)OC[C@@H](COC(=O)CCCCCCC)OC(=O)CCCCCCCCCCCCC(C)CC. The van der Waals surface area contributed by atoms with Crippen LogP contribution in [-0.4, -0.2) is 96.7 Å². The molecule has 0 aliphatic rings. The maximum Gasteiger partial charge on any atom is 0.472 e. The van der Waals surface area contributed by atoms with Crippen LogP contribution in [0.5, 0.6) is 0 Å². The molecule has 0 bridgehead atoms. The molecule has 0 aliphatic heterocycles. The number of esters is 4. The number of phosphoric acid groups is 2. The number of unbranched alkanes of at least 4 members (excludes halogenated alkanes) is 47. The van der Waals surface area contributed by atoms with Crippen molar-refractivity contribution in [2.24, 2.45) is 11.8 Å². The van der Waals surface area contributed by atoms with Gasteiger partial charge in [0, 0.05) is 25.7 Å². The second-order valence-electron chi connectivity index (χ2n) is 29.3. The monoisotopic (exact) mass is 1450 g/mol. The molecule has 0 amide bonds. The molecule has 3 N–H and O–H groups in total. The first kappa shape index (κ1) is 97.1. The molecule has 4 unspecified atom stereocenters. The predicted octanol–water partition coefficient (Wildman–Crippen LogP) is 23.9. The van der Waals surface area contributed by atoms with Gasteiger partial charge in [0.05, 0.1) is 26.4 Å². The number of aliphatic hydroxyl groups is 1. The van der Waals surface area contributed by atoms with Crippen LogP contribution in [0.2, 0.25) is 0 Å². The van der Waals surface area contributed by atoms with Crippen LogP contribution in [0.1, 0.15) is 420 Å². The van der Waals surface area contributed by atoms with Crippen molar-refractivity contribution in [1.29, 1.82) is 0 Å². The molecule has 0 saturated carbocycles. The van der Waals surface area contributed by atoms with Crippen LogP contribution in [0.25, 0.3) is 0 Å². The van der Waals surface area contributed by atoms with E-state index in [4.69, 9.17) is 37.0 Å². The highest BCUT2D eigenvalue weighted by atomic mass is 31.2. The standard InChI is InChI=1S/C80H156O17P2/c1-7-11-13-15-16-17-18-19-20-21-22-23-24-25-26-27-32-35-41-46-52-58-64-80(85)97-76(69-91-78(83)63-57-51-45-40-34-31-29-28-30-33-38-43-49-54-60-72(5)9-3)71-95-99(88,89)93-67-74(81)66-92-98(86,87)94-70-75(68-90-77(82)62-56-48-14-12-8-2)96-79(84)65-59-53-47-42-37-36-39-44-50-55-61-73(6)10-4/h72-76,81H,7-71H2,1-6H3,(H,86,87)(H,88,89)/t72?,73?,74-,75+,76+/m0/s1. The Kier molecular flexibility index (Phi) is 70.3. The molecule has 0 saturated heterocycles. The maximum absolute atomic E-state index is 13.1. The van der Waals surface area contributed by atoms with E-state index < -0.39 is 97.5 Å². The molecule has 0 radical (unpaired) electrons. The molecule has 0 spiro atoms. The van der Waals surface area contributed by atoms with Gasteiger partial charge in [-0.15, -0.1) is 0 Å². The quantitative estimate of drug-likeness (QED) is 0.0222. The minimum Gasteiger partial charge on any atom is -0.462 e. The lowest BCUT2D eigenvalue weighted by molar-refractivity contribution is -0.161. The summed E-state index contributed by atoms with van der Waals surface area (Å²) in [6, 6.07) is 0. The highest BCUT2D eigenvalue weighted by Crippen LogP contribution is 2.45. The summed E-state index contributed by atoms with van der Waals surface area (Å²) in [4.78, 5) is 72.7. The van der Waals surface area contributed by atoms with Crippen LogP contribution in [0.4, 0.5) is 0 Å². The molecule has 7 atom stereocenters. The molecule has 99 heavy (non-hydrogen) atoms. The van der Waals surface area contributed by atoms with E-state index in [1.807, 2.05) is 0 Å². The van der Waals surface area contributed by atoms with Gasteiger partial charge in [0.2, 0.25) is 0 Å². The predicted molar refractivity (Wildman–Crippen MR) is 405 cm³/mol. The van der Waals surface area contributed by atoms with Gasteiger partial charge in [0.15, 0.2) is 12.2 Å². The number of ether oxygens (including phenoxy) is 4. The van der Waals surface area contributed by atoms with Gasteiger partial charge < -0.3 is 33.8 Å². The molecule has 0 heterocycles. The normalized spacial score (nSPS) is 14.5. The molecule has 0 aromatic heterocycles. The zero-order valence-electron chi connectivity index (χ0n) is 64.8. The minimum atomic E-state index is -4.96. The Balaban J connectivity index is 5.12. The summed E-state index contributed by atoms with van der Waals surface area (Å²) in [5, 5.41) is 10.6. The van der Waals surface area contributed by atoms with Gasteiger partial charge in [-0.25, -0.2) is 9.13 Å². The number of carbonyl (C=O) groups is 4. The van der Waals surface area contributed by atoms with Crippen LogP contribution in [0, 0.1) is 11.8 Å². The summed E-state index contributed by atoms with van der Waals surface area (Å²) >= 11 is 0. The van der Waals surface area contributed by atoms with E-state index in [2.05, 4.69) is 41.5 Å². The number of phosphoric ester groups is 2. The summed E-state index contributed by atoms with van der Waals surface area (Å²) in [7, 11) is -9.91. The smallest absolute Gasteiger partial charge is 0.462 e. The number of aliphatic hydroxyl groups excluding tert-OH is 1. The molecule has 19 heteroatoms. The summed E-state index contributed by atoms with van der Waals surface area (Å²) in [5.41, 5.74) is 0. The van der Waals surface area contributed by atoms with Gasteiger partial charge in [-0.2, -0.15) is 0 Å². The average Bonchev–Trinajstić information content (AvgIpc) is 1.09. The van der Waals surface area contributed by atoms with Gasteiger partial charge in [-0.1, -0.05) is 369 Å². The van der Waals surface area contributed by atoms with E-state index in [0.717, 1.165) is 108 Å². The molecule has 17 nitrogen and oxygen atoms in total. The fourth-order valence-electron chi connectivity index (χ4n) is 12.3. The summed E-state index contributed by atoms with van der Waals surface area (Å²) in [6.07, 6.45) is 61.5. The molecule has 0 rings (SSSR count). The van der Waals surface area contributed by atoms with Crippen molar-refractivity contribution in [1.82, 2.24) is 0 Å². The van der Waals surface area contributed by atoms with E-state index in [-0.39, 0.29) is 25.7 Å². The Hall–Kier alpha value is -1.94. The van der Waals surface area contributed by atoms with Crippen molar-refractivity contribution >= 4 is 39.5 Å². The minimum absolute atomic E-state index is 0.106. The van der Waals surface area contributed by atoms with E-state index in [9.17, 15) is 43.2 Å². The molecule has 0 fully saturated rings. The van der Waals surface area contributed by atoms with E-state index in [1.54, 1.807) is 0 Å². The first-order valence-electron chi connectivity index (χ1n) is 41.6.